The first-order valence-electron chi connectivity index (χ1n) is 6.26. The van der Waals surface area contributed by atoms with Gasteiger partial charge in [-0.3, -0.25) is 0 Å². The van der Waals surface area contributed by atoms with Crippen LogP contribution in [0.25, 0.3) is 5.69 Å². The quantitative estimate of drug-likeness (QED) is 0.856. The molecule has 0 atom stereocenters. The molecular weight excluding hydrogens is 246 g/mol. The summed E-state index contributed by atoms with van der Waals surface area (Å²) in [6.45, 7) is 1.83. The van der Waals surface area contributed by atoms with Crippen molar-refractivity contribution in [2.45, 2.75) is 12.8 Å². The van der Waals surface area contributed by atoms with Crippen molar-refractivity contribution in [1.82, 2.24) is 20.2 Å². The van der Waals surface area contributed by atoms with E-state index < -0.39 is 0 Å². The predicted molar refractivity (Wildman–Crippen MR) is 67.5 cm³/mol. The van der Waals surface area contributed by atoms with Crippen LogP contribution in [0.15, 0.2) is 18.2 Å². The van der Waals surface area contributed by atoms with E-state index in [2.05, 4.69) is 15.4 Å². The largest absolute Gasteiger partial charge is 0.490 e. The van der Waals surface area contributed by atoms with Gasteiger partial charge in [0.15, 0.2) is 17.3 Å². The van der Waals surface area contributed by atoms with Crippen molar-refractivity contribution < 1.29 is 9.47 Å². The molecule has 0 spiro atoms. The second-order valence-electron chi connectivity index (χ2n) is 4.22. The maximum absolute atomic E-state index is 5.63. The second-order valence-corrected chi connectivity index (χ2v) is 4.22. The van der Waals surface area contributed by atoms with Crippen molar-refractivity contribution in [3.05, 3.63) is 24.0 Å². The molecule has 0 saturated carbocycles. The lowest BCUT2D eigenvalue weighted by molar-refractivity contribution is 0.297. The number of nitrogens with zero attached hydrogens (tertiary/aromatic N) is 4. The van der Waals surface area contributed by atoms with Crippen molar-refractivity contribution in [1.29, 1.82) is 0 Å². The predicted octanol–water partition coefficient (Wildman–Crippen LogP) is 0.325. The van der Waals surface area contributed by atoms with E-state index in [9.17, 15) is 0 Å². The highest BCUT2D eigenvalue weighted by molar-refractivity contribution is 5.48. The summed E-state index contributed by atoms with van der Waals surface area (Å²) < 4.78 is 11.2. The van der Waals surface area contributed by atoms with E-state index in [-0.39, 0.29) is 0 Å². The summed E-state index contributed by atoms with van der Waals surface area (Å²) in [7, 11) is 0. The first-order valence-corrected chi connectivity index (χ1v) is 6.26. The highest BCUT2D eigenvalue weighted by Crippen LogP contribution is 2.31. The third-order valence-electron chi connectivity index (χ3n) is 2.79. The van der Waals surface area contributed by atoms with Crippen LogP contribution in [0, 0.1) is 0 Å². The Hall–Kier alpha value is -2.15. The van der Waals surface area contributed by atoms with Crippen LogP contribution in [0.5, 0.6) is 11.5 Å². The Bertz CT molecular complexity index is 569. The van der Waals surface area contributed by atoms with E-state index in [0.29, 0.717) is 37.8 Å². The number of nitrogens with two attached hydrogens (primary N) is 1. The van der Waals surface area contributed by atoms with Crippen LogP contribution in [0.2, 0.25) is 0 Å². The molecule has 0 bridgehead atoms. The molecule has 0 radical (unpaired) electrons. The monoisotopic (exact) mass is 261 g/mol. The van der Waals surface area contributed by atoms with E-state index in [4.69, 9.17) is 15.2 Å². The summed E-state index contributed by atoms with van der Waals surface area (Å²) >= 11 is 0. The van der Waals surface area contributed by atoms with Gasteiger partial charge in [-0.15, -0.1) is 15.0 Å². The molecule has 2 heterocycles. The van der Waals surface area contributed by atoms with Gasteiger partial charge in [-0.25, -0.2) is 0 Å². The van der Waals surface area contributed by atoms with Crippen molar-refractivity contribution in [3.8, 4) is 17.2 Å². The topological polar surface area (TPSA) is 88.1 Å². The van der Waals surface area contributed by atoms with Crippen LogP contribution in [-0.4, -0.2) is 40.0 Å². The Balaban J connectivity index is 1.89. The van der Waals surface area contributed by atoms with Gasteiger partial charge >= 0.3 is 0 Å². The average molecular weight is 261 g/mol. The molecule has 7 nitrogen and oxygen atoms in total. The van der Waals surface area contributed by atoms with Gasteiger partial charge < -0.3 is 15.2 Å². The Morgan fingerprint density at radius 1 is 1.21 bits per heavy atom. The lowest BCUT2D eigenvalue weighted by atomic mass is 10.3. The highest BCUT2D eigenvalue weighted by Gasteiger charge is 2.12. The molecule has 0 fully saturated rings. The molecule has 7 heteroatoms. The fourth-order valence-corrected chi connectivity index (χ4v) is 1.86. The molecule has 1 aromatic carbocycles. The minimum absolute atomic E-state index is 0.507. The molecule has 0 aliphatic carbocycles. The average Bonchev–Trinajstić information content (AvgIpc) is 2.76. The molecule has 0 amide bonds. The first-order chi connectivity index (χ1) is 9.36. The van der Waals surface area contributed by atoms with Gasteiger partial charge in [-0.05, 0) is 23.9 Å². The Labute approximate surface area is 110 Å². The van der Waals surface area contributed by atoms with Crippen LogP contribution in [0.1, 0.15) is 12.2 Å². The molecule has 1 aliphatic heterocycles. The molecule has 2 N–H and O–H groups in total. The van der Waals surface area contributed by atoms with Gasteiger partial charge in [0.2, 0.25) is 0 Å². The molecule has 100 valence electrons. The molecule has 0 unspecified atom stereocenters. The first kappa shape index (κ1) is 11.9. The number of rotatable bonds is 3. The van der Waals surface area contributed by atoms with Gasteiger partial charge in [-0.2, -0.15) is 0 Å². The smallest absolute Gasteiger partial charge is 0.176 e. The maximum Gasteiger partial charge on any atom is 0.176 e. The van der Waals surface area contributed by atoms with Crippen LogP contribution < -0.4 is 15.2 Å². The second kappa shape index (κ2) is 5.23. The minimum atomic E-state index is 0.507. The number of hydrogen-bond acceptors (Lipinski definition) is 6. The SMILES string of the molecule is NCCc1nnn(-c2ccc3c(c2)OCCCO3)n1. The summed E-state index contributed by atoms with van der Waals surface area (Å²) in [5.41, 5.74) is 6.26. The van der Waals surface area contributed by atoms with Gasteiger partial charge in [0.1, 0.15) is 0 Å². The van der Waals surface area contributed by atoms with Gasteiger partial charge in [0.25, 0.3) is 0 Å². The summed E-state index contributed by atoms with van der Waals surface area (Å²) in [5.74, 6) is 2.10. The van der Waals surface area contributed by atoms with Crippen molar-refractivity contribution >= 4 is 0 Å². The fraction of sp³-hybridized carbons (Fsp3) is 0.417. The van der Waals surface area contributed by atoms with Crippen molar-refractivity contribution in [2.75, 3.05) is 19.8 Å². The summed E-state index contributed by atoms with van der Waals surface area (Å²) in [4.78, 5) is 1.47. The number of tetrazole rings is 1. The van der Waals surface area contributed by atoms with E-state index in [1.165, 1.54) is 4.80 Å². The van der Waals surface area contributed by atoms with E-state index in [1.54, 1.807) is 0 Å². The maximum atomic E-state index is 5.63. The fourth-order valence-electron chi connectivity index (χ4n) is 1.86. The molecule has 19 heavy (non-hydrogen) atoms. The highest BCUT2D eigenvalue weighted by atomic mass is 16.5. The zero-order chi connectivity index (χ0) is 13.1. The van der Waals surface area contributed by atoms with Gasteiger partial charge in [0.05, 0.1) is 18.9 Å². The van der Waals surface area contributed by atoms with Crippen LogP contribution in [0.4, 0.5) is 0 Å². The van der Waals surface area contributed by atoms with Crippen molar-refractivity contribution in [2.24, 2.45) is 5.73 Å². The standard InChI is InChI=1S/C12H15N5O2/c13-5-4-12-14-16-17(15-12)9-2-3-10-11(8-9)19-7-1-6-18-10/h2-3,8H,1,4-7,13H2. The molecule has 0 saturated heterocycles. The Morgan fingerprint density at radius 3 is 2.89 bits per heavy atom. The van der Waals surface area contributed by atoms with Gasteiger partial charge in [0, 0.05) is 18.9 Å². The summed E-state index contributed by atoms with van der Waals surface area (Å²) in [6, 6.07) is 5.60. The number of fused-ring (bicyclic) bond motifs is 1. The lowest BCUT2D eigenvalue weighted by Gasteiger charge is -2.08. The normalized spacial score (nSPS) is 14.2. The molecule has 1 aromatic heterocycles. The van der Waals surface area contributed by atoms with Crippen LogP contribution in [0.3, 0.4) is 0 Å². The number of aromatic nitrogens is 4. The molecular formula is C12H15N5O2. The van der Waals surface area contributed by atoms with E-state index in [0.717, 1.165) is 17.9 Å². The van der Waals surface area contributed by atoms with Crippen LogP contribution >= 0.6 is 0 Å². The van der Waals surface area contributed by atoms with Gasteiger partial charge in [-0.1, -0.05) is 0 Å². The Morgan fingerprint density at radius 2 is 2.05 bits per heavy atom. The van der Waals surface area contributed by atoms with E-state index >= 15 is 0 Å². The number of benzene rings is 1. The Kier molecular flexibility index (Phi) is 3.28. The molecule has 2 aromatic rings. The summed E-state index contributed by atoms with van der Waals surface area (Å²) in [6.07, 6.45) is 1.50. The van der Waals surface area contributed by atoms with E-state index in [1.807, 2.05) is 18.2 Å². The van der Waals surface area contributed by atoms with Crippen LogP contribution in [-0.2, 0) is 6.42 Å². The third kappa shape index (κ3) is 2.50. The minimum Gasteiger partial charge on any atom is -0.490 e. The third-order valence-corrected chi connectivity index (χ3v) is 2.79. The van der Waals surface area contributed by atoms with Crippen molar-refractivity contribution in [3.63, 3.8) is 0 Å². The molecule has 1 aliphatic rings. The zero-order valence-electron chi connectivity index (χ0n) is 10.5. The lowest BCUT2D eigenvalue weighted by Crippen LogP contribution is -2.05. The zero-order valence-corrected chi connectivity index (χ0v) is 10.5. The summed E-state index contributed by atoms with van der Waals surface area (Å²) in [5, 5.41) is 12.2. The molecule has 3 rings (SSSR count). The number of hydrogen-bond donors (Lipinski definition) is 1. The number of ether oxygens (including phenoxy) is 2.